The maximum atomic E-state index is 13.5. The number of amides is 1. The van der Waals surface area contributed by atoms with E-state index in [0.29, 0.717) is 5.02 Å². The third kappa shape index (κ3) is 5.33. The lowest BCUT2D eigenvalue weighted by molar-refractivity contribution is -0.142. The van der Waals surface area contributed by atoms with Gasteiger partial charge >= 0.3 is 5.97 Å². The van der Waals surface area contributed by atoms with Gasteiger partial charge in [-0.2, -0.15) is 0 Å². The van der Waals surface area contributed by atoms with Crippen molar-refractivity contribution in [3.63, 3.8) is 0 Å². The van der Waals surface area contributed by atoms with E-state index >= 15 is 0 Å². The van der Waals surface area contributed by atoms with Gasteiger partial charge in [0.15, 0.2) is 6.61 Å². The lowest BCUT2D eigenvalue weighted by Crippen LogP contribution is -2.20. The Morgan fingerprint density at radius 3 is 2.71 bits per heavy atom. The highest BCUT2D eigenvalue weighted by Gasteiger charge is 2.08. The molecule has 0 aliphatic carbocycles. The summed E-state index contributed by atoms with van der Waals surface area (Å²) in [6.07, 6.45) is 3.53. The van der Waals surface area contributed by atoms with Crippen molar-refractivity contribution < 1.29 is 18.7 Å². The number of esters is 1. The van der Waals surface area contributed by atoms with Gasteiger partial charge in [0, 0.05) is 17.8 Å². The quantitative estimate of drug-likeness (QED) is 0.644. The van der Waals surface area contributed by atoms with Crippen LogP contribution in [0.15, 0.2) is 42.6 Å². The summed E-state index contributed by atoms with van der Waals surface area (Å²) in [5, 5.41) is 3.01. The lowest BCUT2D eigenvalue weighted by Gasteiger charge is -2.04. The van der Waals surface area contributed by atoms with Crippen molar-refractivity contribution in [3.8, 4) is 0 Å². The van der Waals surface area contributed by atoms with Crippen molar-refractivity contribution >= 4 is 47.0 Å². The van der Waals surface area contributed by atoms with Gasteiger partial charge in [0.25, 0.3) is 5.91 Å². The Bertz CT molecular complexity index is 759. The summed E-state index contributed by atoms with van der Waals surface area (Å²) in [5.74, 6) is -1.68. The molecule has 1 amide bonds. The molecule has 1 aromatic carbocycles. The summed E-state index contributed by atoms with van der Waals surface area (Å²) < 4.78 is 18.3. The summed E-state index contributed by atoms with van der Waals surface area (Å²) in [5.41, 5.74) is 0.0610. The average molecular weight is 369 g/mol. The van der Waals surface area contributed by atoms with Crippen molar-refractivity contribution in [1.29, 1.82) is 0 Å². The lowest BCUT2D eigenvalue weighted by atomic mass is 10.2. The smallest absolute Gasteiger partial charge is 0.331 e. The summed E-state index contributed by atoms with van der Waals surface area (Å²) in [7, 11) is 0. The van der Waals surface area contributed by atoms with Crippen LogP contribution in [0.1, 0.15) is 5.56 Å². The zero-order valence-corrected chi connectivity index (χ0v) is 13.6. The van der Waals surface area contributed by atoms with Crippen LogP contribution in [0.4, 0.5) is 10.2 Å². The number of carbonyl (C=O) groups is 2. The predicted molar refractivity (Wildman–Crippen MR) is 89.3 cm³/mol. The second-order valence-electron chi connectivity index (χ2n) is 4.49. The minimum absolute atomic E-state index is 0.0610. The van der Waals surface area contributed by atoms with Gasteiger partial charge in [-0.3, -0.25) is 4.79 Å². The minimum Gasteiger partial charge on any atom is -0.452 e. The Morgan fingerprint density at radius 2 is 2.04 bits per heavy atom. The third-order valence-corrected chi connectivity index (χ3v) is 3.28. The van der Waals surface area contributed by atoms with Crippen LogP contribution in [0.5, 0.6) is 0 Å². The van der Waals surface area contributed by atoms with Crippen LogP contribution in [-0.4, -0.2) is 23.5 Å². The first-order chi connectivity index (χ1) is 11.5. The molecule has 124 valence electrons. The molecule has 2 aromatic rings. The summed E-state index contributed by atoms with van der Waals surface area (Å²) in [6.45, 7) is -0.515. The molecule has 0 fully saturated rings. The van der Waals surface area contributed by atoms with Gasteiger partial charge in [-0.25, -0.2) is 14.2 Å². The van der Waals surface area contributed by atoms with Crippen LogP contribution in [0, 0.1) is 5.82 Å². The predicted octanol–water partition coefficient (Wildman–Crippen LogP) is 3.72. The molecule has 1 N–H and O–H groups in total. The van der Waals surface area contributed by atoms with Gasteiger partial charge < -0.3 is 10.1 Å². The number of hydrogen-bond donors (Lipinski definition) is 1. The van der Waals surface area contributed by atoms with Crippen molar-refractivity contribution in [2.45, 2.75) is 0 Å². The molecule has 0 aliphatic heterocycles. The van der Waals surface area contributed by atoms with E-state index in [1.54, 1.807) is 6.07 Å². The van der Waals surface area contributed by atoms with Gasteiger partial charge in [0.1, 0.15) is 11.6 Å². The fourth-order valence-corrected chi connectivity index (χ4v) is 1.97. The number of rotatable bonds is 5. The summed E-state index contributed by atoms with van der Waals surface area (Å²) >= 11 is 11.5. The van der Waals surface area contributed by atoms with E-state index in [1.165, 1.54) is 36.5 Å². The van der Waals surface area contributed by atoms with E-state index in [9.17, 15) is 14.0 Å². The standard InChI is InChI=1S/C16H11Cl2FN2O3/c17-10-4-6-14(20-8-10)21-15(22)9-24-16(23)7-5-11-12(18)2-1-3-13(11)19/h1-8H,9H2,(H,20,21,22)/b7-5+. The van der Waals surface area contributed by atoms with E-state index in [2.05, 4.69) is 10.3 Å². The van der Waals surface area contributed by atoms with Crippen LogP contribution in [0.3, 0.4) is 0 Å². The van der Waals surface area contributed by atoms with Gasteiger partial charge in [0.05, 0.1) is 10.0 Å². The molecule has 2 rings (SSSR count). The van der Waals surface area contributed by atoms with E-state index in [4.69, 9.17) is 27.9 Å². The number of hydrogen-bond acceptors (Lipinski definition) is 4. The topological polar surface area (TPSA) is 68.3 Å². The molecule has 0 spiro atoms. The largest absolute Gasteiger partial charge is 0.452 e. The fraction of sp³-hybridized carbons (Fsp3) is 0.0625. The minimum atomic E-state index is -0.812. The second-order valence-corrected chi connectivity index (χ2v) is 5.33. The van der Waals surface area contributed by atoms with Crippen molar-refractivity contribution in [2.75, 3.05) is 11.9 Å². The van der Waals surface area contributed by atoms with E-state index in [0.717, 1.165) is 6.08 Å². The van der Waals surface area contributed by atoms with Crippen LogP contribution >= 0.6 is 23.2 Å². The fourth-order valence-electron chi connectivity index (χ4n) is 1.63. The molecule has 1 heterocycles. The maximum absolute atomic E-state index is 13.5. The first kappa shape index (κ1) is 17.9. The number of ether oxygens (including phenoxy) is 1. The van der Waals surface area contributed by atoms with Crippen molar-refractivity contribution in [3.05, 3.63) is 64.0 Å². The highest BCUT2D eigenvalue weighted by molar-refractivity contribution is 6.32. The third-order valence-electron chi connectivity index (χ3n) is 2.73. The van der Waals surface area contributed by atoms with Crippen molar-refractivity contribution in [2.24, 2.45) is 0 Å². The molecule has 8 heteroatoms. The number of nitrogens with one attached hydrogen (secondary N) is 1. The van der Waals surface area contributed by atoms with Gasteiger partial charge in [-0.1, -0.05) is 29.3 Å². The van der Waals surface area contributed by atoms with E-state index in [-0.39, 0.29) is 16.4 Å². The summed E-state index contributed by atoms with van der Waals surface area (Å²) in [4.78, 5) is 27.0. The number of carbonyl (C=O) groups excluding carboxylic acids is 2. The number of halogens is 3. The monoisotopic (exact) mass is 368 g/mol. The Kier molecular flexibility index (Phi) is 6.28. The van der Waals surface area contributed by atoms with E-state index < -0.39 is 24.3 Å². The number of nitrogens with zero attached hydrogens (tertiary/aromatic N) is 1. The van der Waals surface area contributed by atoms with Crippen LogP contribution in [-0.2, 0) is 14.3 Å². The normalized spacial score (nSPS) is 10.6. The molecule has 24 heavy (non-hydrogen) atoms. The molecule has 1 aromatic heterocycles. The Morgan fingerprint density at radius 1 is 1.25 bits per heavy atom. The Hall–Kier alpha value is -2.44. The van der Waals surface area contributed by atoms with Crippen molar-refractivity contribution in [1.82, 2.24) is 4.98 Å². The van der Waals surface area contributed by atoms with E-state index in [1.807, 2.05) is 0 Å². The molecule has 0 atom stereocenters. The number of pyridine rings is 1. The first-order valence-corrected chi connectivity index (χ1v) is 7.41. The highest BCUT2D eigenvalue weighted by Crippen LogP contribution is 2.20. The number of benzene rings is 1. The second kappa shape index (κ2) is 8.42. The van der Waals surface area contributed by atoms with Gasteiger partial charge in [0.2, 0.25) is 0 Å². The molecule has 0 saturated carbocycles. The zero-order valence-electron chi connectivity index (χ0n) is 12.1. The molecule has 0 aliphatic rings. The first-order valence-electron chi connectivity index (χ1n) is 6.66. The molecule has 0 unspecified atom stereocenters. The Labute approximate surface area is 147 Å². The average Bonchev–Trinajstić information content (AvgIpc) is 2.54. The molecular weight excluding hydrogens is 358 g/mol. The van der Waals surface area contributed by atoms with Crippen LogP contribution in [0.2, 0.25) is 10.0 Å². The van der Waals surface area contributed by atoms with Gasteiger partial charge in [-0.05, 0) is 30.3 Å². The molecule has 5 nitrogen and oxygen atoms in total. The molecule has 0 radical (unpaired) electrons. The highest BCUT2D eigenvalue weighted by atomic mass is 35.5. The molecule has 0 bridgehead atoms. The summed E-state index contributed by atoms with van der Waals surface area (Å²) in [6, 6.07) is 7.20. The SMILES string of the molecule is O=C(COC(=O)/C=C/c1c(F)cccc1Cl)Nc1ccc(Cl)cn1. The maximum Gasteiger partial charge on any atom is 0.331 e. The van der Waals surface area contributed by atoms with Gasteiger partial charge in [-0.15, -0.1) is 0 Å². The number of anilines is 1. The zero-order chi connectivity index (χ0) is 17.5. The number of aromatic nitrogens is 1. The Balaban J connectivity index is 1.85. The molecule has 0 saturated heterocycles. The van der Waals surface area contributed by atoms with Crippen LogP contribution < -0.4 is 5.32 Å². The molecular formula is C16H11Cl2FN2O3. The van der Waals surface area contributed by atoms with Crippen LogP contribution in [0.25, 0.3) is 6.08 Å².